The van der Waals surface area contributed by atoms with Gasteiger partial charge in [0.2, 0.25) is 0 Å². The van der Waals surface area contributed by atoms with Crippen LogP contribution in [0.5, 0.6) is 0 Å². The second kappa shape index (κ2) is 2.50. The highest BCUT2D eigenvalue weighted by Gasteiger charge is 1.96. The van der Waals surface area contributed by atoms with E-state index in [1.54, 1.807) is 6.33 Å². The zero-order valence-electron chi connectivity index (χ0n) is 5.09. The molecule has 1 aromatic rings. The molecule has 0 radical (unpaired) electrons. The van der Waals surface area contributed by atoms with Gasteiger partial charge in [0.05, 0.1) is 12.0 Å². The number of hydrogen-bond acceptors (Lipinski definition) is 3. The van der Waals surface area contributed by atoms with Gasteiger partial charge in [0.1, 0.15) is 5.82 Å². The molecule has 0 saturated heterocycles. The summed E-state index contributed by atoms with van der Waals surface area (Å²) >= 11 is 0. The molecule has 0 saturated carbocycles. The first-order valence-electron chi connectivity index (χ1n) is 2.82. The third-order valence-electron chi connectivity index (χ3n) is 1.15. The zero-order valence-corrected chi connectivity index (χ0v) is 5.09. The lowest BCUT2D eigenvalue weighted by Gasteiger charge is -1.91. The largest absolute Gasteiger partial charge is 0.382 e. The number of aromatic amines is 1. The first-order chi connectivity index (χ1) is 4.34. The fourth-order valence-corrected chi connectivity index (χ4v) is 0.676. The summed E-state index contributed by atoms with van der Waals surface area (Å²) in [6.45, 7) is 0.604. The molecule has 4 nitrogen and oxygen atoms in total. The van der Waals surface area contributed by atoms with Crippen LogP contribution in [0.25, 0.3) is 0 Å². The van der Waals surface area contributed by atoms with E-state index in [4.69, 9.17) is 11.5 Å². The molecule has 0 unspecified atom stereocenters. The highest BCUT2D eigenvalue weighted by Crippen LogP contribution is 2.02. The van der Waals surface area contributed by atoms with Gasteiger partial charge in [-0.3, -0.25) is 0 Å². The Morgan fingerprint density at radius 2 is 2.44 bits per heavy atom. The van der Waals surface area contributed by atoms with Crippen molar-refractivity contribution in [1.29, 1.82) is 0 Å². The minimum atomic E-state index is 0.556. The molecule has 0 atom stereocenters. The molecule has 9 heavy (non-hydrogen) atoms. The van der Waals surface area contributed by atoms with Gasteiger partial charge in [-0.25, -0.2) is 4.98 Å². The number of aromatic nitrogens is 2. The van der Waals surface area contributed by atoms with Crippen molar-refractivity contribution in [3.8, 4) is 0 Å². The lowest BCUT2D eigenvalue weighted by molar-refractivity contribution is 0.938. The molecule has 1 rings (SSSR count). The monoisotopic (exact) mass is 126 g/mol. The van der Waals surface area contributed by atoms with Gasteiger partial charge < -0.3 is 16.5 Å². The second-order valence-electron chi connectivity index (χ2n) is 1.81. The van der Waals surface area contributed by atoms with Gasteiger partial charge in [0.25, 0.3) is 0 Å². The molecule has 0 aliphatic rings. The fourth-order valence-electron chi connectivity index (χ4n) is 0.676. The minimum absolute atomic E-state index is 0.556. The van der Waals surface area contributed by atoms with E-state index in [1.165, 1.54) is 0 Å². The summed E-state index contributed by atoms with van der Waals surface area (Å²) in [5.74, 6) is 0.556. The van der Waals surface area contributed by atoms with Crippen LogP contribution >= 0.6 is 0 Å². The van der Waals surface area contributed by atoms with E-state index < -0.39 is 0 Å². The molecule has 0 amide bonds. The molecular weight excluding hydrogens is 116 g/mol. The lowest BCUT2D eigenvalue weighted by atomic mass is 10.3. The Hall–Kier alpha value is -1.03. The van der Waals surface area contributed by atoms with Crippen molar-refractivity contribution < 1.29 is 0 Å². The third-order valence-corrected chi connectivity index (χ3v) is 1.15. The third kappa shape index (κ3) is 1.20. The van der Waals surface area contributed by atoms with E-state index in [-0.39, 0.29) is 0 Å². The van der Waals surface area contributed by atoms with E-state index in [2.05, 4.69) is 9.97 Å². The summed E-state index contributed by atoms with van der Waals surface area (Å²) in [5.41, 5.74) is 11.6. The Morgan fingerprint density at radius 3 is 2.89 bits per heavy atom. The summed E-state index contributed by atoms with van der Waals surface area (Å²) in [6, 6.07) is 0. The number of hydrogen-bond donors (Lipinski definition) is 3. The predicted molar refractivity (Wildman–Crippen MR) is 35.8 cm³/mol. The molecule has 1 heterocycles. The number of H-pyrrole nitrogens is 1. The topological polar surface area (TPSA) is 80.7 Å². The van der Waals surface area contributed by atoms with Crippen molar-refractivity contribution in [1.82, 2.24) is 9.97 Å². The average molecular weight is 126 g/mol. The van der Waals surface area contributed by atoms with Crippen molar-refractivity contribution >= 4 is 5.82 Å². The maximum absolute atomic E-state index is 5.43. The highest BCUT2D eigenvalue weighted by molar-refractivity contribution is 5.33. The van der Waals surface area contributed by atoms with Crippen LogP contribution in [0.1, 0.15) is 5.69 Å². The number of nitrogens with two attached hydrogens (primary N) is 2. The van der Waals surface area contributed by atoms with Crippen LogP contribution in [0.3, 0.4) is 0 Å². The van der Waals surface area contributed by atoms with Crippen LogP contribution in [0.2, 0.25) is 0 Å². The molecular formula is C5H10N4. The first-order valence-corrected chi connectivity index (χ1v) is 2.82. The maximum Gasteiger partial charge on any atom is 0.144 e. The standard InChI is InChI=1S/C5H10N4/c6-2-1-4-5(7)9-3-8-4/h3H,1-2,6-7H2,(H,8,9). The van der Waals surface area contributed by atoms with Crippen molar-refractivity contribution in [3.05, 3.63) is 12.0 Å². The molecule has 0 spiro atoms. The van der Waals surface area contributed by atoms with Gasteiger partial charge in [0.15, 0.2) is 0 Å². The van der Waals surface area contributed by atoms with Crippen LogP contribution in [0.4, 0.5) is 5.82 Å². The second-order valence-corrected chi connectivity index (χ2v) is 1.81. The molecule has 0 aliphatic carbocycles. The van der Waals surface area contributed by atoms with Gasteiger partial charge in [0, 0.05) is 6.42 Å². The molecule has 1 aromatic heterocycles. The van der Waals surface area contributed by atoms with Crippen LogP contribution in [-0.2, 0) is 6.42 Å². The van der Waals surface area contributed by atoms with E-state index in [9.17, 15) is 0 Å². The smallest absolute Gasteiger partial charge is 0.144 e. The Kier molecular flexibility index (Phi) is 1.69. The average Bonchev–Trinajstić information content (AvgIpc) is 2.18. The maximum atomic E-state index is 5.43. The fraction of sp³-hybridized carbons (Fsp3) is 0.400. The van der Waals surface area contributed by atoms with Crippen molar-refractivity contribution in [3.63, 3.8) is 0 Å². The van der Waals surface area contributed by atoms with Crippen molar-refractivity contribution in [2.75, 3.05) is 12.3 Å². The SMILES string of the molecule is NCCc1[nH]cnc1N. The number of imidazole rings is 1. The highest BCUT2D eigenvalue weighted by atomic mass is 15.0. The minimum Gasteiger partial charge on any atom is -0.382 e. The Morgan fingerprint density at radius 1 is 1.67 bits per heavy atom. The molecule has 0 aromatic carbocycles. The quantitative estimate of drug-likeness (QED) is 0.499. The van der Waals surface area contributed by atoms with Crippen LogP contribution in [-0.4, -0.2) is 16.5 Å². The number of nitrogens with one attached hydrogen (secondary N) is 1. The predicted octanol–water partition coefficient (Wildman–Crippen LogP) is -0.507. The van der Waals surface area contributed by atoms with Crippen LogP contribution < -0.4 is 11.5 Å². The summed E-state index contributed by atoms with van der Waals surface area (Å²) < 4.78 is 0. The van der Waals surface area contributed by atoms with Gasteiger partial charge in [-0.15, -0.1) is 0 Å². The normalized spacial score (nSPS) is 9.89. The Labute approximate surface area is 53.3 Å². The van der Waals surface area contributed by atoms with Gasteiger partial charge in [-0.05, 0) is 6.54 Å². The van der Waals surface area contributed by atoms with E-state index in [0.29, 0.717) is 12.4 Å². The number of nitrogens with zero attached hydrogens (tertiary/aromatic N) is 1. The molecule has 4 heteroatoms. The number of nitrogen functional groups attached to an aromatic ring is 1. The molecule has 50 valence electrons. The van der Waals surface area contributed by atoms with Crippen molar-refractivity contribution in [2.45, 2.75) is 6.42 Å². The Bertz CT molecular complexity index is 181. The van der Waals surface area contributed by atoms with Gasteiger partial charge in [-0.1, -0.05) is 0 Å². The summed E-state index contributed by atoms with van der Waals surface area (Å²) in [5, 5.41) is 0. The van der Waals surface area contributed by atoms with Crippen LogP contribution in [0, 0.1) is 0 Å². The van der Waals surface area contributed by atoms with Gasteiger partial charge >= 0.3 is 0 Å². The summed E-state index contributed by atoms with van der Waals surface area (Å²) in [6.07, 6.45) is 2.34. The molecule has 0 aliphatic heterocycles. The number of anilines is 1. The van der Waals surface area contributed by atoms with Crippen LogP contribution in [0.15, 0.2) is 6.33 Å². The first kappa shape index (κ1) is 6.10. The van der Waals surface area contributed by atoms with E-state index in [1.807, 2.05) is 0 Å². The molecule has 0 bridgehead atoms. The van der Waals surface area contributed by atoms with E-state index in [0.717, 1.165) is 12.1 Å². The van der Waals surface area contributed by atoms with Gasteiger partial charge in [-0.2, -0.15) is 0 Å². The zero-order chi connectivity index (χ0) is 6.69. The number of rotatable bonds is 2. The lowest BCUT2D eigenvalue weighted by Crippen LogP contribution is -2.04. The van der Waals surface area contributed by atoms with E-state index >= 15 is 0 Å². The summed E-state index contributed by atoms with van der Waals surface area (Å²) in [4.78, 5) is 6.69. The molecule has 5 N–H and O–H groups in total. The summed E-state index contributed by atoms with van der Waals surface area (Å²) in [7, 11) is 0. The molecule has 0 fully saturated rings. The Balaban J connectivity index is 2.69. The van der Waals surface area contributed by atoms with Crippen molar-refractivity contribution in [2.24, 2.45) is 5.73 Å².